The average Bonchev–Trinajstić information content (AvgIpc) is 2.40. The Labute approximate surface area is 126 Å². The van der Waals surface area contributed by atoms with Crippen LogP contribution in [0.2, 0.25) is 0 Å². The SMILES string of the molecule is CN(C1CCC(C)(C)CC1)S(=O)(=O)c1cc(N)ccc1F. The molecule has 1 saturated carbocycles. The summed E-state index contributed by atoms with van der Waals surface area (Å²) in [6, 6.07) is 3.56. The number of halogens is 1. The standard InChI is InChI=1S/C15H23FN2O2S/c1-15(2)8-6-12(7-9-15)18(3)21(19,20)14-10-11(17)4-5-13(14)16/h4-5,10,12H,6-9,17H2,1-3H3. The summed E-state index contributed by atoms with van der Waals surface area (Å²) in [6.45, 7) is 4.38. The topological polar surface area (TPSA) is 63.4 Å². The predicted molar refractivity (Wildman–Crippen MR) is 81.8 cm³/mol. The molecule has 0 amide bonds. The van der Waals surface area contributed by atoms with Crippen LogP contribution in [-0.2, 0) is 10.0 Å². The van der Waals surface area contributed by atoms with Gasteiger partial charge in [-0.1, -0.05) is 13.8 Å². The fourth-order valence-corrected chi connectivity index (χ4v) is 4.33. The van der Waals surface area contributed by atoms with Crippen LogP contribution in [0.1, 0.15) is 39.5 Å². The van der Waals surface area contributed by atoms with E-state index < -0.39 is 15.8 Å². The van der Waals surface area contributed by atoms with Crippen molar-refractivity contribution in [3.63, 3.8) is 0 Å². The molecule has 0 unspecified atom stereocenters. The van der Waals surface area contributed by atoms with Crippen molar-refractivity contribution in [2.45, 2.75) is 50.5 Å². The van der Waals surface area contributed by atoms with E-state index in [1.54, 1.807) is 0 Å². The van der Waals surface area contributed by atoms with Crippen LogP contribution < -0.4 is 5.73 Å². The minimum absolute atomic E-state index is 0.0798. The summed E-state index contributed by atoms with van der Waals surface area (Å²) in [6.07, 6.45) is 3.53. The Morgan fingerprint density at radius 1 is 1.29 bits per heavy atom. The summed E-state index contributed by atoms with van der Waals surface area (Å²) < 4.78 is 40.4. The van der Waals surface area contributed by atoms with Gasteiger partial charge >= 0.3 is 0 Å². The van der Waals surface area contributed by atoms with Crippen molar-refractivity contribution in [3.05, 3.63) is 24.0 Å². The number of hydrogen-bond donors (Lipinski definition) is 1. The Hall–Kier alpha value is -1.14. The molecule has 1 fully saturated rings. The maximum Gasteiger partial charge on any atom is 0.246 e. The zero-order valence-corrected chi connectivity index (χ0v) is 13.6. The van der Waals surface area contributed by atoms with Gasteiger partial charge in [0.05, 0.1) is 0 Å². The highest BCUT2D eigenvalue weighted by Gasteiger charge is 2.35. The van der Waals surface area contributed by atoms with Gasteiger partial charge in [-0.15, -0.1) is 0 Å². The Kier molecular flexibility index (Phi) is 4.31. The molecule has 6 heteroatoms. The molecule has 0 atom stereocenters. The maximum atomic E-state index is 13.9. The molecule has 0 heterocycles. The van der Waals surface area contributed by atoms with Gasteiger partial charge < -0.3 is 5.73 Å². The van der Waals surface area contributed by atoms with Gasteiger partial charge in [-0.3, -0.25) is 0 Å². The van der Waals surface area contributed by atoms with Crippen molar-refractivity contribution in [1.82, 2.24) is 4.31 Å². The van der Waals surface area contributed by atoms with Crippen LogP contribution >= 0.6 is 0 Å². The van der Waals surface area contributed by atoms with E-state index in [1.165, 1.54) is 23.5 Å². The number of nitrogen functional groups attached to an aromatic ring is 1. The molecule has 0 radical (unpaired) electrons. The lowest BCUT2D eigenvalue weighted by Gasteiger charge is -2.38. The number of nitrogens with two attached hydrogens (primary N) is 1. The molecular weight excluding hydrogens is 291 g/mol. The van der Waals surface area contributed by atoms with Gasteiger partial charge in [-0.25, -0.2) is 12.8 Å². The molecule has 2 rings (SSSR count). The van der Waals surface area contributed by atoms with Gasteiger partial charge in [0.15, 0.2) is 0 Å². The molecule has 2 N–H and O–H groups in total. The van der Waals surface area contributed by atoms with Gasteiger partial charge in [0, 0.05) is 18.8 Å². The fraction of sp³-hybridized carbons (Fsp3) is 0.600. The normalized spacial score (nSPS) is 19.9. The Morgan fingerprint density at radius 2 is 1.86 bits per heavy atom. The first-order chi connectivity index (χ1) is 9.63. The van der Waals surface area contributed by atoms with Gasteiger partial charge in [0.25, 0.3) is 0 Å². The van der Waals surface area contributed by atoms with Crippen LogP contribution in [0, 0.1) is 11.2 Å². The van der Waals surface area contributed by atoms with Crippen molar-refractivity contribution < 1.29 is 12.8 Å². The molecule has 21 heavy (non-hydrogen) atoms. The maximum absolute atomic E-state index is 13.9. The molecule has 0 aliphatic heterocycles. The van der Waals surface area contributed by atoms with Crippen LogP contribution in [-0.4, -0.2) is 25.8 Å². The van der Waals surface area contributed by atoms with Crippen LogP contribution in [0.4, 0.5) is 10.1 Å². The molecule has 4 nitrogen and oxygen atoms in total. The van der Waals surface area contributed by atoms with Crippen molar-refractivity contribution in [2.75, 3.05) is 12.8 Å². The summed E-state index contributed by atoms with van der Waals surface area (Å²) in [5.41, 5.74) is 6.09. The summed E-state index contributed by atoms with van der Waals surface area (Å²) in [7, 11) is -2.32. The van der Waals surface area contributed by atoms with Crippen LogP contribution in [0.3, 0.4) is 0 Å². The largest absolute Gasteiger partial charge is 0.399 e. The Bertz CT molecular complexity index is 619. The van der Waals surface area contributed by atoms with Gasteiger partial charge in [0.1, 0.15) is 10.7 Å². The zero-order valence-electron chi connectivity index (χ0n) is 12.8. The average molecular weight is 314 g/mol. The summed E-state index contributed by atoms with van der Waals surface area (Å²) in [5.74, 6) is -0.757. The molecule has 1 aromatic rings. The second kappa shape index (κ2) is 5.57. The second-order valence-corrected chi connectivity index (χ2v) is 8.57. The van der Waals surface area contributed by atoms with Gasteiger partial charge in [-0.05, 0) is 49.3 Å². The Balaban J connectivity index is 2.25. The van der Waals surface area contributed by atoms with Crippen molar-refractivity contribution in [2.24, 2.45) is 5.41 Å². The van der Waals surface area contributed by atoms with E-state index in [4.69, 9.17) is 5.73 Å². The number of hydrogen-bond acceptors (Lipinski definition) is 3. The van der Waals surface area contributed by atoms with E-state index in [1.807, 2.05) is 0 Å². The number of anilines is 1. The highest BCUT2D eigenvalue weighted by Crippen LogP contribution is 2.38. The van der Waals surface area contributed by atoms with E-state index in [2.05, 4.69) is 13.8 Å². The second-order valence-electron chi connectivity index (χ2n) is 6.61. The monoisotopic (exact) mass is 314 g/mol. The van der Waals surface area contributed by atoms with E-state index in [9.17, 15) is 12.8 Å². The number of benzene rings is 1. The van der Waals surface area contributed by atoms with Gasteiger partial charge in [0.2, 0.25) is 10.0 Å². The smallest absolute Gasteiger partial charge is 0.246 e. The van der Waals surface area contributed by atoms with E-state index in [-0.39, 0.29) is 22.0 Å². The molecule has 0 bridgehead atoms. The molecule has 118 valence electrons. The third-order valence-corrected chi connectivity index (χ3v) is 6.36. The number of sulfonamides is 1. The fourth-order valence-electron chi connectivity index (χ4n) is 2.82. The minimum atomic E-state index is -3.85. The molecular formula is C15H23FN2O2S. The first-order valence-corrected chi connectivity index (χ1v) is 8.60. The molecule has 0 spiro atoms. The lowest BCUT2D eigenvalue weighted by atomic mass is 9.76. The molecule has 0 saturated heterocycles. The van der Waals surface area contributed by atoms with Crippen LogP contribution in [0.5, 0.6) is 0 Å². The van der Waals surface area contributed by atoms with Crippen LogP contribution in [0.15, 0.2) is 23.1 Å². The number of nitrogens with zero attached hydrogens (tertiary/aromatic N) is 1. The van der Waals surface area contributed by atoms with Gasteiger partial charge in [-0.2, -0.15) is 4.31 Å². The lowest BCUT2D eigenvalue weighted by molar-refractivity contribution is 0.174. The van der Waals surface area contributed by atoms with Crippen molar-refractivity contribution >= 4 is 15.7 Å². The summed E-state index contributed by atoms with van der Waals surface area (Å²) in [4.78, 5) is -0.338. The van der Waals surface area contributed by atoms with E-state index >= 15 is 0 Å². The number of rotatable bonds is 3. The zero-order chi connectivity index (χ0) is 15.8. The third-order valence-electron chi connectivity index (χ3n) is 4.44. The Morgan fingerprint density at radius 3 is 2.43 bits per heavy atom. The van der Waals surface area contributed by atoms with Crippen LogP contribution in [0.25, 0.3) is 0 Å². The molecule has 1 aliphatic rings. The minimum Gasteiger partial charge on any atom is -0.399 e. The molecule has 1 aromatic carbocycles. The first kappa shape index (κ1) is 16.2. The van der Waals surface area contributed by atoms with E-state index in [0.29, 0.717) is 0 Å². The third kappa shape index (κ3) is 3.37. The van der Waals surface area contributed by atoms with E-state index in [0.717, 1.165) is 31.7 Å². The van der Waals surface area contributed by atoms with Crippen molar-refractivity contribution in [3.8, 4) is 0 Å². The van der Waals surface area contributed by atoms with Crippen molar-refractivity contribution in [1.29, 1.82) is 0 Å². The highest BCUT2D eigenvalue weighted by molar-refractivity contribution is 7.89. The lowest BCUT2D eigenvalue weighted by Crippen LogP contribution is -2.41. The molecule has 1 aliphatic carbocycles. The predicted octanol–water partition coefficient (Wildman–Crippen LogP) is 3.00. The molecule has 0 aromatic heterocycles. The summed E-state index contributed by atoms with van der Waals surface area (Å²) >= 11 is 0. The quantitative estimate of drug-likeness (QED) is 0.872. The summed E-state index contributed by atoms with van der Waals surface area (Å²) in [5, 5.41) is 0. The first-order valence-electron chi connectivity index (χ1n) is 7.16. The highest BCUT2D eigenvalue weighted by atomic mass is 32.2.